The molecule has 0 fully saturated rings. The Morgan fingerprint density at radius 2 is 2.07 bits per heavy atom. The zero-order valence-electron chi connectivity index (χ0n) is 7.18. The molecule has 2 aromatic rings. The second-order valence-electron chi connectivity index (χ2n) is 2.94. The molecule has 0 spiro atoms. The fourth-order valence-corrected chi connectivity index (χ4v) is 1.18. The van der Waals surface area contributed by atoms with Crippen LogP contribution in [0, 0.1) is 6.92 Å². The van der Waals surface area contributed by atoms with E-state index in [4.69, 9.17) is 0 Å². The van der Waals surface area contributed by atoms with Crippen molar-refractivity contribution in [1.82, 2.24) is 15.2 Å². The first-order valence-electron chi connectivity index (χ1n) is 3.86. The third kappa shape index (κ3) is 1.32. The molecule has 0 bridgehead atoms. The predicted octanol–water partition coefficient (Wildman–Crippen LogP) is 2.29. The van der Waals surface area contributed by atoms with E-state index < -0.39 is 11.7 Å². The van der Waals surface area contributed by atoms with Crippen LogP contribution in [-0.2, 0) is 6.18 Å². The van der Waals surface area contributed by atoms with E-state index in [0.717, 1.165) is 12.3 Å². The summed E-state index contributed by atoms with van der Waals surface area (Å²) in [6.07, 6.45) is -3.56. The maximum Gasteiger partial charge on any atom is 0.417 e. The molecule has 0 saturated carbocycles. The van der Waals surface area contributed by atoms with Gasteiger partial charge in [-0.2, -0.15) is 18.3 Å². The van der Waals surface area contributed by atoms with Crippen molar-refractivity contribution in [2.24, 2.45) is 0 Å². The van der Waals surface area contributed by atoms with Crippen LogP contribution in [0.5, 0.6) is 0 Å². The van der Waals surface area contributed by atoms with Crippen molar-refractivity contribution in [2.75, 3.05) is 0 Å². The van der Waals surface area contributed by atoms with Gasteiger partial charge >= 0.3 is 6.18 Å². The van der Waals surface area contributed by atoms with Crippen molar-refractivity contribution in [3.63, 3.8) is 0 Å². The van der Waals surface area contributed by atoms with Crippen LogP contribution in [0.2, 0.25) is 0 Å². The average Bonchev–Trinajstić information content (AvgIpc) is 2.46. The molecule has 3 nitrogen and oxygen atoms in total. The van der Waals surface area contributed by atoms with Gasteiger partial charge in [-0.1, -0.05) is 0 Å². The number of aryl methyl sites for hydroxylation is 1. The number of pyridine rings is 1. The zero-order valence-corrected chi connectivity index (χ0v) is 7.18. The number of H-pyrrole nitrogens is 1. The number of aromatic nitrogens is 3. The van der Waals surface area contributed by atoms with Crippen molar-refractivity contribution in [3.8, 4) is 0 Å². The summed E-state index contributed by atoms with van der Waals surface area (Å²) in [7, 11) is 0. The highest BCUT2D eigenvalue weighted by atomic mass is 19.4. The number of nitrogens with one attached hydrogen (secondary N) is 1. The van der Waals surface area contributed by atoms with Crippen LogP contribution in [0.4, 0.5) is 13.2 Å². The van der Waals surface area contributed by atoms with Gasteiger partial charge in [0.2, 0.25) is 0 Å². The second-order valence-corrected chi connectivity index (χ2v) is 2.94. The molecule has 0 aliphatic rings. The van der Waals surface area contributed by atoms with Crippen molar-refractivity contribution in [3.05, 3.63) is 23.5 Å². The first-order valence-corrected chi connectivity index (χ1v) is 3.86. The fourth-order valence-electron chi connectivity index (χ4n) is 1.18. The van der Waals surface area contributed by atoms with E-state index in [2.05, 4.69) is 15.2 Å². The van der Waals surface area contributed by atoms with Crippen LogP contribution in [-0.4, -0.2) is 15.2 Å². The lowest BCUT2D eigenvalue weighted by atomic mass is 10.2. The first-order chi connectivity index (χ1) is 6.48. The lowest BCUT2D eigenvalue weighted by molar-refractivity contribution is -0.137. The Bertz CT molecular complexity index is 472. The molecule has 6 heteroatoms. The van der Waals surface area contributed by atoms with E-state index in [0.29, 0.717) is 11.2 Å². The molecule has 0 atom stereocenters. The molecule has 2 aromatic heterocycles. The highest BCUT2D eigenvalue weighted by molar-refractivity contribution is 5.76. The summed E-state index contributed by atoms with van der Waals surface area (Å²) in [5, 5.41) is 6.28. The lowest BCUT2D eigenvalue weighted by Gasteiger charge is -2.04. The van der Waals surface area contributed by atoms with E-state index in [1.807, 2.05) is 0 Å². The molecule has 0 aliphatic carbocycles. The molecule has 2 heterocycles. The van der Waals surface area contributed by atoms with Gasteiger partial charge in [-0.25, -0.2) is 0 Å². The van der Waals surface area contributed by atoms with E-state index in [1.165, 1.54) is 0 Å². The van der Waals surface area contributed by atoms with Crippen molar-refractivity contribution < 1.29 is 13.2 Å². The van der Waals surface area contributed by atoms with Crippen LogP contribution in [0.1, 0.15) is 11.3 Å². The van der Waals surface area contributed by atoms with Crippen LogP contribution in [0.15, 0.2) is 12.3 Å². The zero-order chi connectivity index (χ0) is 10.3. The Labute approximate surface area is 77.0 Å². The molecular weight excluding hydrogens is 195 g/mol. The Kier molecular flexibility index (Phi) is 1.73. The number of nitrogens with zero attached hydrogens (tertiary/aromatic N) is 2. The minimum Gasteiger partial charge on any atom is -0.280 e. The summed E-state index contributed by atoms with van der Waals surface area (Å²) in [4.78, 5) is 3.69. The fraction of sp³-hybridized carbons (Fsp3) is 0.250. The highest BCUT2D eigenvalue weighted by Gasteiger charge is 2.31. The van der Waals surface area contributed by atoms with Crippen LogP contribution in [0.3, 0.4) is 0 Å². The molecule has 0 radical (unpaired) electrons. The van der Waals surface area contributed by atoms with Gasteiger partial charge in [0.25, 0.3) is 0 Å². The van der Waals surface area contributed by atoms with E-state index in [1.54, 1.807) is 6.92 Å². The highest BCUT2D eigenvalue weighted by Crippen LogP contribution is 2.30. The number of hydrogen-bond acceptors (Lipinski definition) is 2. The summed E-state index contributed by atoms with van der Waals surface area (Å²) in [5.41, 5.74) is 0.584. The SMILES string of the molecule is Cc1[nH]nc2cc(C(F)(F)F)cnc12. The predicted molar refractivity (Wildman–Crippen MR) is 43.6 cm³/mol. The summed E-state index contributed by atoms with van der Waals surface area (Å²) in [6, 6.07) is 0.978. The Hall–Kier alpha value is -1.59. The molecule has 0 amide bonds. The maximum absolute atomic E-state index is 12.2. The average molecular weight is 201 g/mol. The van der Waals surface area contributed by atoms with E-state index >= 15 is 0 Å². The van der Waals surface area contributed by atoms with Gasteiger partial charge < -0.3 is 0 Å². The van der Waals surface area contributed by atoms with Gasteiger partial charge in [0.05, 0.1) is 11.3 Å². The van der Waals surface area contributed by atoms with Crippen molar-refractivity contribution in [2.45, 2.75) is 13.1 Å². The molecule has 2 rings (SSSR count). The number of hydrogen-bond donors (Lipinski definition) is 1. The summed E-state index contributed by atoms with van der Waals surface area (Å²) in [5.74, 6) is 0. The minimum atomic E-state index is -4.37. The molecule has 0 aliphatic heterocycles. The maximum atomic E-state index is 12.2. The number of rotatable bonds is 0. The van der Waals surface area contributed by atoms with E-state index in [-0.39, 0.29) is 5.52 Å². The first kappa shape index (κ1) is 8.98. The normalized spacial score (nSPS) is 12.3. The smallest absolute Gasteiger partial charge is 0.280 e. The van der Waals surface area contributed by atoms with Gasteiger partial charge in [0.15, 0.2) is 0 Å². The monoisotopic (exact) mass is 201 g/mol. The third-order valence-electron chi connectivity index (χ3n) is 1.89. The molecule has 74 valence electrons. The third-order valence-corrected chi connectivity index (χ3v) is 1.89. The number of aromatic amines is 1. The van der Waals surface area contributed by atoms with Gasteiger partial charge in [-0.05, 0) is 13.0 Å². The van der Waals surface area contributed by atoms with Crippen LogP contribution in [0.25, 0.3) is 11.0 Å². The molecule has 0 saturated heterocycles. The van der Waals surface area contributed by atoms with Crippen LogP contribution >= 0.6 is 0 Å². The van der Waals surface area contributed by atoms with E-state index in [9.17, 15) is 13.2 Å². The Morgan fingerprint density at radius 1 is 1.36 bits per heavy atom. The second kappa shape index (κ2) is 2.70. The van der Waals surface area contributed by atoms with Gasteiger partial charge in [-0.3, -0.25) is 10.1 Å². The number of alkyl halides is 3. The topological polar surface area (TPSA) is 41.6 Å². The summed E-state index contributed by atoms with van der Waals surface area (Å²) >= 11 is 0. The number of fused-ring (bicyclic) bond motifs is 1. The quantitative estimate of drug-likeness (QED) is 0.710. The lowest BCUT2D eigenvalue weighted by Crippen LogP contribution is -2.05. The van der Waals surface area contributed by atoms with Crippen molar-refractivity contribution in [1.29, 1.82) is 0 Å². The standard InChI is InChI=1S/C8H6F3N3/c1-4-7-6(14-13-4)2-5(3-12-7)8(9,10)11/h2-3H,1H3,(H,13,14). The molecular formula is C8H6F3N3. The molecule has 0 unspecified atom stereocenters. The Morgan fingerprint density at radius 3 is 2.71 bits per heavy atom. The summed E-state index contributed by atoms with van der Waals surface area (Å²) in [6.45, 7) is 1.70. The number of halogens is 3. The molecule has 0 aromatic carbocycles. The Balaban J connectivity index is 2.63. The van der Waals surface area contributed by atoms with Crippen LogP contribution < -0.4 is 0 Å². The van der Waals surface area contributed by atoms with Gasteiger partial charge in [-0.15, -0.1) is 0 Å². The molecule has 14 heavy (non-hydrogen) atoms. The molecule has 1 N–H and O–H groups in total. The van der Waals surface area contributed by atoms with Crippen molar-refractivity contribution >= 4 is 11.0 Å². The van der Waals surface area contributed by atoms with Gasteiger partial charge in [0.1, 0.15) is 11.0 Å². The summed E-state index contributed by atoms with van der Waals surface area (Å²) < 4.78 is 36.7. The van der Waals surface area contributed by atoms with Gasteiger partial charge in [0, 0.05) is 6.20 Å². The minimum absolute atomic E-state index is 0.234. The largest absolute Gasteiger partial charge is 0.417 e.